The SMILES string of the molecule is CN=C(NCc1cccc(N(C)C)c1)NCC(C)(C)SC. The first-order valence-corrected chi connectivity index (χ1v) is 8.36. The van der Waals surface area contributed by atoms with Gasteiger partial charge in [0, 0.05) is 44.7 Å². The van der Waals surface area contributed by atoms with Crippen molar-refractivity contribution in [1.29, 1.82) is 0 Å². The highest BCUT2D eigenvalue weighted by molar-refractivity contribution is 7.99. The fraction of sp³-hybridized carbons (Fsp3) is 0.562. The van der Waals surface area contributed by atoms with E-state index in [-0.39, 0.29) is 4.75 Å². The van der Waals surface area contributed by atoms with E-state index in [4.69, 9.17) is 0 Å². The third-order valence-corrected chi connectivity index (χ3v) is 4.59. The molecule has 0 saturated carbocycles. The average molecular weight is 308 g/mol. The van der Waals surface area contributed by atoms with Crippen molar-refractivity contribution in [2.45, 2.75) is 25.1 Å². The maximum atomic E-state index is 4.27. The van der Waals surface area contributed by atoms with Gasteiger partial charge in [-0.2, -0.15) is 11.8 Å². The fourth-order valence-corrected chi connectivity index (χ4v) is 1.94. The van der Waals surface area contributed by atoms with Crippen molar-refractivity contribution in [1.82, 2.24) is 10.6 Å². The van der Waals surface area contributed by atoms with Crippen molar-refractivity contribution < 1.29 is 0 Å². The zero-order valence-corrected chi connectivity index (χ0v) is 14.8. The average Bonchev–Trinajstić information content (AvgIpc) is 2.47. The quantitative estimate of drug-likeness (QED) is 0.626. The molecule has 0 aliphatic heterocycles. The van der Waals surface area contributed by atoms with Crippen LogP contribution in [-0.4, -0.2) is 44.7 Å². The van der Waals surface area contributed by atoms with Crippen molar-refractivity contribution in [2.75, 3.05) is 38.8 Å². The van der Waals surface area contributed by atoms with Crippen molar-refractivity contribution in [3.63, 3.8) is 0 Å². The van der Waals surface area contributed by atoms with Crippen LogP contribution in [0.25, 0.3) is 0 Å². The fourth-order valence-electron chi connectivity index (χ4n) is 1.72. The molecule has 0 aliphatic carbocycles. The van der Waals surface area contributed by atoms with E-state index in [9.17, 15) is 0 Å². The lowest BCUT2D eigenvalue weighted by atomic mass is 10.2. The van der Waals surface area contributed by atoms with Crippen LogP contribution in [-0.2, 0) is 6.54 Å². The second-order valence-electron chi connectivity index (χ2n) is 5.81. The number of thioether (sulfide) groups is 1. The monoisotopic (exact) mass is 308 g/mol. The molecule has 0 unspecified atom stereocenters. The summed E-state index contributed by atoms with van der Waals surface area (Å²) in [5, 5.41) is 6.74. The first kappa shape index (κ1) is 17.7. The van der Waals surface area contributed by atoms with Crippen LogP contribution in [0.5, 0.6) is 0 Å². The Balaban J connectivity index is 2.54. The first-order valence-electron chi connectivity index (χ1n) is 7.14. The highest BCUT2D eigenvalue weighted by atomic mass is 32.2. The smallest absolute Gasteiger partial charge is 0.191 e. The normalized spacial score (nSPS) is 12.2. The minimum absolute atomic E-state index is 0.197. The molecule has 2 N–H and O–H groups in total. The predicted molar refractivity (Wildman–Crippen MR) is 96.6 cm³/mol. The molecule has 0 radical (unpaired) electrons. The van der Waals surface area contributed by atoms with E-state index < -0.39 is 0 Å². The van der Waals surface area contributed by atoms with Gasteiger partial charge in [-0.1, -0.05) is 12.1 Å². The molecule has 0 bridgehead atoms. The summed E-state index contributed by atoms with van der Waals surface area (Å²) in [6.45, 7) is 6.09. The van der Waals surface area contributed by atoms with Gasteiger partial charge in [-0.15, -0.1) is 0 Å². The lowest BCUT2D eigenvalue weighted by Gasteiger charge is -2.23. The van der Waals surface area contributed by atoms with Gasteiger partial charge in [0.1, 0.15) is 0 Å². The van der Waals surface area contributed by atoms with E-state index in [0.717, 1.165) is 19.0 Å². The van der Waals surface area contributed by atoms with Crippen LogP contribution in [0.2, 0.25) is 0 Å². The lowest BCUT2D eigenvalue weighted by Crippen LogP contribution is -2.43. The Morgan fingerprint density at radius 2 is 2.00 bits per heavy atom. The molecule has 0 aromatic heterocycles. The number of nitrogens with zero attached hydrogens (tertiary/aromatic N) is 2. The summed E-state index contributed by atoms with van der Waals surface area (Å²) in [5.41, 5.74) is 2.45. The molecular formula is C16H28N4S. The number of aliphatic imine (C=N–C) groups is 1. The van der Waals surface area contributed by atoms with E-state index >= 15 is 0 Å². The minimum Gasteiger partial charge on any atom is -0.378 e. The van der Waals surface area contributed by atoms with Gasteiger partial charge in [-0.05, 0) is 37.8 Å². The molecule has 1 rings (SSSR count). The summed E-state index contributed by atoms with van der Waals surface area (Å²) in [7, 11) is 5.91. The van der Waals surface area contributed by atoms with Crippen molar-refractivity contribution in [3.8, 4) is 0 Å². The molecule has 1 aromatic rings. The lowest BCUT2D eigenvalue weighted by molar-refractivity contribution is 0.664. The second-order valence-corrected chi connectivity index (χ2v) is 7.32. The Labute approximate surface area is 133 Å². The summed E-state index contributed by atoms with van der Waals surface area (Å²) in [6, 6.07) is 8.50. The summed E-state index contributed by atoms with van der Waals surface area (Å²) in [4.78, 5) is 6.38. The van der Waals surface area contributed by atoms with E-state index in [2.05, 4.69) is 79.0 Å². The molecular weight excluding hydrogens is 280 g/mol. The summed E-state index contributed by atoms with van der Waals surface area (Å²) in [6.07, 6.45) is 2.13. The third-order valence-electron chi connectivity index (χ3n) is 3.34. The van der Waals surface area contributed by atoms with Gasteiger partial charge < -0.3 is 15.5 Å². The molecule has 5 heteroatoms. The van der Waals surface area contributed by atoms with Crippen molar-refractivity contribution in [3.05, 3.63) is 29.8 Å². The van der Waals surface area contributed by atoms with Crippen LogP contribution in [0, 0.1) is 0 Å². The number of benzene rings is 1. The minimum atomic E-state index is 0.197. The van der Waals surface area contributed by atoms with Gasteiger partial charge in [0.15, 0.2) is 5.96 Å². The maximum Gasteiger partial charge on any atom is 0.191 e. The van der Waals surface area contributed by atoms with Crippen LogP contribution in [0.15, 0.2) is 29.3 Å². The van der Waals surface area contributed by atoms with Crippen molar-refractivity contribution in [2.24, 2.45) is 4.99 Å². The van der Waals surface area contributed by atoms with Gasteiger partial charge in [0.2, 0.25) is 0 Å². The number of guanidine groups is 1. The van der Waals surface area contributed by atoms with Crippen LogP contribution < -0.4 is 15.5 Å². The zero-order chi connectivity index (χ0) is 15.9. The van der Waals surface area contributed by atoms with E-state index in [1.165, 1.54) is 11.3 Å². The molecule has 0 heterocycles. The largest absolute Gasteiger partial charge is 0.378 e. The summed E-state index contributed by atoms with van der Waals surface area (Å²) < 4.78 is 0.197. The van der Waals surface area contributed by atoms with Crippen LogP contribution in [0.1, 0.15) is 19.4 Å². The molecule has 118 valence electrons. The van der Waals surface area contributed by atoms with Gasteiger partial charge in [0.25, 0.3) is 0 Å². The van der Waals surface area contributed by atoms with Crippen molar-refractivity contribution >= 4 is 23.4 Å². The zero-order valence-electron chi connectivity index (χ0n) is 14.0. The molecule has 0 spiro atoms. The number of rotatable bonds is 6. The van der Waals surface area contributed by atoms with Crippen LogP contribution >= 0.6 is 11.8 Å². The van der Waals surface area contributed by atoms with Gasteiger partial charge in [0.05, 0.1) is 0 Å². The predicted octanol–water partition coefficient (Wildman–Crippen LogP) is 2.56. The Kier molecular flexibility index (Phi) is 6.89. The molecule has 21 heavy (non-hydrogen) atoms. The molecule has 0 saturated heterocycles. The highest BCUT2D eigenvalue weighted by Gasteiger charge is 2.15. The van der Waals surface area contributed by atoms with Crippen LogP contribution in [0.4, 0.5) is 5.69 Å². The van der Waals surface area contributed by atoms with Crippen LogP contribution in [0.3, 0.4) is 0 Å². The van der Waals surface area contributed by atoms with Gasteiger partial charge in [-0.25, -0.2) is 0 Å². The molecule has 0 atom stereocenters. The standard InChI is InChI=1S/C16H28N4S/c1-16(2,21-6)12-19-15(17-3)18-11-13-8-7-9-14(10-13)20(4)5/h7-10H,11-12H2,1-6H3,(H2,17,18,19). The molecule has 0 aliphatic rings. The second kappa shape index (κ2) is 8.17. The Morgan fingerprint density at radius 3 is 2.57 bits per heavy atom. The van der Waals surface area contributed by atoms with Gasteiger partial charge >= 0.3 is 0 Å². The number of anilines is 1. The summed E-state index contributed by atoms with van der Waals surface area (Å²) in [5.74, 6) is 0.840. The maximum absolute atomic E-state index is 4.27. The topological polar surface area (TPSA) is 39.7 Å². The Bertz CT molecular complexity index is 469. The summed E-state index contributed by atoms with van der Waals surface area (Å²) >= 11 is 1.85. The Hall–Kier alpha value is -1.36. The van der Waals surface area contributed by atoms with E-state index in [1.54, 1.807) is 7.05 Å². The number of hydrogen-bond donors (Lipinski definition) is 2. The number of nitrogens with one attached hydrogen (secondary N) is 2. The van der Waals surface area contributed by atoms with E-state index in [1.807, 2.05) is 11.8 Å². The molecule has 0 fully saturated rings. The molecule has 0 amide bonds. The van der Waals surface area contributed by atoms with Gasteiger partial charge in [-0.3, -0.25) is 4.99 Å². The van der Waals surface area contributed by atoms with E-state index in [0.29, 0.717) is 0 Å². The number of hydrogen-bond acceptors (Lipinski definition) is 3. The third kappa shape index (κ3) is 6.29. The Morgan fingerprint density at radius 1 is 1.29 bits per heavy atom. The highest BCUT2D eigenvalue weighted by Crippen LogP contribution is 2.19. The first-order chi connectivity index (χ1) is 9.88. The molecule has 4 nitrogen and oxygen atoms in total. The molecule has 1 aromatic carbocycles.